The molecule has 0 saturated heterocycles. The minimum atomic E-state index is -0.436. The summed E-state index contributed by atoms with van der Waals surface area (Å²) in [6, 6.07) is 0. The van der Waals surface area contributed by atoms with Crippen LogP contribution in [0, 0.1) is 0 Å². The molecule has 0 rings (SSSR count). The van der Waals surface area contributed by atoms with Crippen LogP contribution in [0.4, 0.5) is 4.79 Å². The van der Waals surface area contributed by atoms with Crippen LogP contribution in [0.3, 0.4) is 0 Å². The molecule has 0 aliphatic heterocycles. The maximum absolute atomic E-state index is 12.3. The Morgan fingerprint density at radius 3 is 1.59 bits per heavy atom. The Kier molecular flexibility index (Phi) is 12.2. The smallest absolute Gasteiger partial charge is 0.410 e. The summed E-state index contributed by atoms with van der Waals surface area (Å²) in [7, 11) is 0. The van der Waals surface area contributed by atoms with E-state index in [1.54, 1.807) is 0 Å². The fourth-order valence-corrected chi connectivity index (χ4v) is 2.22. The topological polar surface area (TPSA) is 81.6 Å². The predicted octanol–water partition coefficient (Wildman–Crippen LogP) is 3.26. The van der Waals surface area contributed by atoms with Gasteiger partial charge in [0.05, 0.1) is 0 Å². The second-order valence-electron chi connectivity index (χ2n) is 6.87. The molecule has 0 bridgehead atoms. The van der Waals surface area contributed by atoms with Crippen LogP contribution in [0.25, 0.3) is 0 Å². The summed E-state index contributed by atoms with van der Waals surface area (Å²) in [6.45, 7) is 8.77. The zero-order valence-electron chi connectivity index (χ0n) is 14.9. The minimum absolute atomic E-state index is 0.190. The molecule has 0 aromatic rings. The van der Waals surface area contributed by atoms with Gasteiger partial charge in [-0.25, -0.2) is 4.79 Å². The molecule has 5 nitrogen and oxygen atoms in total. The van der Waals surface area contributed by atoms with Crippen molar-refractivity contribution < 1.29 is 9.53 Å². The van der Waals surface area contributed by atoms with Gasteiger partial charge in [-0.1, -0.05) is 25.7 Å². The van der Waals surface area contributed by atoms with Crippen LogP contribution < -0.4 is 11.5 Å². The number of hydrogen-bond acceptors (Lipinski definition) is 4. The molecular weight excluding hydrogens is 278 g/mol. The number of amides is 1. The molecular formula is C17H37N3O2. The van der Waals surface area contributed by atoms with Gasteiger partial charge in [0.15, 0.2) is 0 Å². The normalized spacial score (nSPS) is 11.5. The SMILES string of the molecule is CC(C)(C)OC(=O)N(CCCCCCN)CCCCCCN. The summed E-state index contributed by atoms with van der Waals surface area (Å²) < 4.78 is 5.50. The minimum Gasteiger partial charge on any atom is -0.444 e. The molecule has 0 fully saturated rings. The summed E-state index contributed by atoms with van der Waals surface area (Å²) in [5.41, 5.74) is 10.6. The molecule has 4 N–H and O–H groups in total. The highest BCUT2D eigenvalue weighted by molar-refractivity contribution is 5.68. The van der Waals surface area contributed by atoms with E-state index in [0.717, 1.165) is 77.5 Å². The number of carbonyl (C=O) groups excluding carboxylic acids is 1. The van der Waals surface area contributed by atoms with Crippen LogP contribution in [-0.4, -0.2) is 42.8 Å². The molecule has 0 aromatic carbocycles. The van der Waals surface area contributed by atoms with Gasteiger partial charge >= 0.3 is 6.09 Å². The lowest BCUT2D eigenvalue weighted by molar-refractivity contribution is 0.0243. The Labute approximate surface area is 136 Å². The number of ether oxygens (including phenoxy) is 1. The lowest BCUT2D eigenvalue weighted by Crippen LogP contribution is -2.38. The van der Waals surface area contributed by atoms with Crippen LogP contribution >= 0.6 is 0 Å². The van der Waals surface area contributed by atoms with Gasteiger partial charge in [0.25, 0.3) is 0 Å². The highest BCUT2D eigenvalue weighted by Crippen LogP contribution is 2.12. The Morgan fingerprint density at radius 1 is 0.818 bits per heavy atom. The standard InChI is InChI=1S/C17H37N3O2/c1-17(2,3)22-16(21)20(14-10-6-4-8-12-18)15-11-7-5-9-13-19/h4-15,18-19H2,1-3H3. The van der Waals surface area contributed by atoms with E-state index in [4.69, 9.17) is 16.2 Å². The largest absolute Gasteiger partial charge is 0.444 e. The number of nitrogens with zero attached hydrogens (tertiary/aromatic N) is 1. The molecule has 22 heavy (non-hydrogen) atoms. The number of nitrogens with two attached hydrogens (primary N) is 2. The van der Waals surface area contributed by atoms with Gasteiger partial charge in [0.2, 0.25) is 0 Å². The maximum atomic E-state index is 12.3. The molecule has 1 amide bonds. The molecule has 0 aliphatic rings. The first-order valence-corrected chi connectivity index (χ1v) is 8.78. The molecule has 0 aromatic heterocycles. The van der Waals surface area contributed by atoms with Crippen molar-refractivity contribution in [2.24, 2.45) is 11.5 Å². The van der Waals surface area contributed by atoms with Crippen LogP contribution in [0.15, 0.2) is 0 Å². The Morgan fingerprint density at radius 2 is 1.23 bits per heavy atom. The zero-order chi connectivity index (χ0) is 16.8. The average Bonchev–Trinajstić information content (AvgIpc) is 2.42. The molecule has 0 unspecified atom stereocenters. The van der Waals surface area contributed by atoms with E-state index in [-0.39, 0.29) is 6.09 Å². The second-order valence-corrected chi connectivity index (χ2v) is 6.87. The van der Waals surface area contributed by atoms with Crippen molar-refractivity contribution in [2.45, 2.75) is 77.7 Å². The number of hydrogen-bond donors (Lipinski definition) is 2. The molecule has 0 radical (unpaired) electrons. The van der Waals surface area contributed by atoms with Crippen molar-refractivity contribution in [3.05, 3.63) is 0 Å². The number of unbranched alkanes of at least 4 members (excludes halogenated alkanes) is 6. The first kappa shape index (κ1) is 21.2. The fourth-order valence-electron chi connectivity index (χ4n) is 2.22. The molecule has 0 saturated carbocycles. The van der Waals surface area contributed by atoms with E-state index in [2.05, 4.69) is 0 Å². The summed E-state index contributed by atoms with van der Waals surface area (Å²) in [6.07, 6.45) is 8.46. The monoisotopic (exact) mass is 315 g/mol. The molecule has 0 atom stereocenters. The van der Waals surface area contributed by atoms with Crippen LogP contribution in [0.1, 0.15) is 72.1 Å². The van der Waals surface area contributed by atoms with Crippen molar-refractivity contribution in [1.82, 2.24) is 4.90 Å². The first-order chi connectivity index (χ1) is 10.4. The zero-order valence-corrected chi connectivity index (χ0v) is 14.9. The lowest BCUT2D eigenvalue weighted by atomic mass is 10.1. The Bertz CT molecular complexity index is 264. The third-order valence-corrected chi connectivity index (χ3v) is 3.42. The third kappa shape index (κ3) is 12.9. The Hall–Kier alpha value is -0.810. The van der Waals surface area contributed by atoms with Crippen molar-refractivity contribution in [2.75, 3.05) is 26.2 Å². The van der Waals surface area contributed by atoms with E-state index in [9.17, 15) is 4.79 Å². The van der Waals surface area contributed by atoms with E-state index in [1.807, 2.05) is 25.7 Å². The van der Waals surface area contributed by atoms with Gasteiger partial charge in [-0.2, -0.15) is 0 Å². The van der Waals surface area contributed by atoms with Gasteiger partial charge in [-0.05, 0) is 59.5 Å². The van der Waals surface area contributed by atoms with Crippen molar-refractivity contribution in [3.8, 4) is 0 Å². The summed E-state index contributed by atoms with van der Waals surface area (Å²) >= 11 is 0. The highest BCUT2D eigenvalue weighted by atomic mass is 16.6. The third-order valence-electron chi connectivity index (χ3n) is 3.42. The molecule has 132 valence electrons. The van der Waals surface area contributed by atoms with Gasteiger partial charge in [0, 0.05) is 13.1 Å². The average molecular weight is 316 g/mol. The van der Waals surface area contributed by atoms with Crippen LogP contribution in [0.2, 0.25) is 0 Å². The first-order valence-electron chi connectivity index (χ1n) is 8.78. The molecule has 0 heterocycles. The van der Waals surface area contributed by atoms with Crippen molar-refractivity contribution >= 4 is 6.09 Å². The van der Waals surface area contributed by atoms with E-state index in [1.165, 1.54) is 0 Å². The summed E-state index contributed by atoms with van der Waals surface area (Å²) in [5, 5.41) is 0. The van der Waals surface area contributed by atoms with Crippen LogP contribution in [0.5, 0.6) is 0 Å². The van der Waals surface area contributed by atoms with E-state index < -0.39 is 5.60 Å². The van der Waals surface area contributed by atoms with E-state index in [0.29, 0.717) is 0 Å². The van der Waals surface area contributed by atoms with Crippen molar-refractivity contribution in [3.63, 3.8) is 0 Å². The van der Waals surface area contributed by atoms with Gasteiger partial charge in [-0.15, -0.1) is 0 Å². The van der Waals surface area contributed by atoms with Crippen LogP contribution in [-0.2, 0) is 4.74 Å². The van der Waals surface area contributed by atoms with Gasteiger partial charge < -0.3 is 21.1 Å². The van der Waals surface area contributed by atoms with Crippen molar-refractivity contribution in [1.29, 1.82) is 0 Å². The summed E-state index contributed by atoms with van der Waals surface area (Å²) in [5.74, 6) is 0. The number of carbonyl (C=O) groups is 1. The second kappa shape index (κ2) is 12.7. The molecule has 0 aliphatic carbocycles. The maximum Gasteiger partial charge on any atom is 0.410 e. The fraction of sp³-hybridized carbons (Fsp3) is 0.941. The highest BCUT2D eigenvalue weighted by Gasteiger charge is 2.21. The predicted molar refractivity (Wildman–Crippen MR) is 92.9 cm³/mol. The number of rotatable bonds is 12. The quantitative estimate of drug-likeness (QED) is 0.542. The van der Waals surface area contributed by atoms with Gasteiger partial charge in [0.1, 0.15) is 5.60 Å². The molecule has 5 heteroatoms. The summed E-state index contributed by atoms with van der Waals surface area (Å²) in [4.78, 5) is 14.1. The Balaban J connectivity index is 4.15. The van der Waals surface area contributed by atoms with Gasteiger partial charge in [-0.3, -0.25) is 0 Å². The van der Waals surface area contributed by atoms with E-state index >= 15 is 0 Å². The molecule has 0 spiro atoms. The lowest BCUT2D eigenvalue weighted by Gasteiger charge is -2.27.